The summed E-state index contributed by atoms with van der Waals surface area (Å²) in [6, 6.07) is 18.8. The van der Waals surface area contributed by atoms with Crippen LogP contribution in [-0.4, -0.2) is 53.9 Å². The summed E-state index contributed by atoms with van der Waals surface area (Å²) in [7, 11) is 4.33. The molecule has 44 heavy (non-hydrogen) atoms. The Labute approximate surface area is 255 Å². The summed E-state index contributed by atoms with van der Waals surface area (Å²) in [6.45, 7) is 0. The number of carbonyl (C=O) groups excluding carboxylic acids is 2. The molecule has 15 heteroatoms. The molecule has 0 aliphatic rings. The molecule has 0 fully saturated rings. The van der Waals surface area contributed by atoms with E-state index in [0.717, 1.165) is 11.8 Å². The number of amides is 3. The average molecular weight is 616 g/mol. The van der Waals surface area contributed by atoms with Gasteiger partial charge in [-0.2, -0.15) is 5.26 Å². The van der Waals surface area contributed by atoms with Crippen molar-refractivity contribution in [3.05, 3.63) is 82.4 Å². The van der Waals surface area contributed by atoms with Crippen LogP contribution in [0.15, 0.2) is 71.9 Å². The van der Waals surface area contributed by atoms with E-state index in [1.54, 1.807) is 48.5 Å². The van der Waals surface area contributed by atoms with Crippen LogP contribution in [0, 0.1) is 21.4 Å². The molecule has 3 aromatic carbocycles. The summed E-state index contributed by atoms with van der Waals surface area (Å²) in [6.07, 6.45) is 0. The number of methoxy groups -OCH3 is 3. The van der Waals surface area contributed by atoms with Gasteiger partial charge in [0.2, 0.25) is 11.7 Å². The van der Waals surface area contributed by atoms with Crippen molar-refractivity contribution in [1.29, 1.82) is 5.26 Å². The molecule has 4 aromatic rings. The fourth-order valence-corrected chi connectivity index (χ4v) is 4.58. The number of non-ortho nitro benzene ring substituents is 1. The molecule has 0 aliphatic carbocycles. The number of hydrogen-bond donors (Lipinski definition) is 3. The Morgan fingerprint density at radius 2 is 1.64 bits per heavy atom. The van der Waals surface area contributed by atoms with Gasteiger partial charge in [0.05, 0.1) is 37.7 Å². The second kappa shape index (κ2) is 14.3. The number of anilines is 3. The maximum absolute atomic E-state index is 12.6. The zero-order valence-corrected chi connectivity index (χ0v) is 24.4. The van der Waals surface area contributed by atoms with E-state index in [1.165, 1.54) is 39.5 Å². The zero-order valence-electron chi connectivity index (χ0n) is 23.6. The van der Waals surface area contributed by atoms with Crippen molar-refractivity contribution in [2.24, 2.45) is 0 Å². The van der Waals surface area contributed by atoms with Gasteiger partial charge in [0.25, 0.3) is 5.69 Å². The minimum Gasteiger partial charge on any atom is -0.493 e. The molecule has 0 saturated heterocycles. The van der Waals surface area contributed by atoms with E-state index in [-0.39, 0.29) is 39.4 Å². The van der Waals surface area contributed by atoms with Crippen molar-refractivity contribution in [1.82, 2.24) is 15.3 Å². The number of nitrogens with one attached hydrogen (secondary N) is 3. The number of para-hydroxylation sites is 1. The van der Waals surface area contributed by atoms with Crippen LogP contribution >= 0.6 is 11.8 Å². The van der Waals surface area contributed by atoms with Crippen molar-refractivity contribution in [2.75, 3.05) is 37.7 Å². The Bertz CT molecular complexity index is 1720. The van der Waals surface area contributed by atoms with Crippen LogP contribution in [-0.2, 0) is 4.79 Å². The Morgan fingerprint density at radius 3 is 2.25 bits per heavy atom. The fraction of sp³-hybridized carbons (Fsp3) is 0.138. The molecule has 0 unspecified atom stereocenters. The van der Waals surface area contributed by atoms with Crippen LogP contribution in [0.3, 0.4) is 0 Å². The number of nitro benzene ring substituents is 1. The van der Waals surface area contributed by atoms with Crippen molar-refractivity contribution in [2.45, 2.75) is 5.16 Å². The lowest BCUT2D eigenvalue weighted by atomic mass is 10.1. The average Bonchev–Trinajstić information content (AvgIpc) is 3.03. The molecule has 14 nitrogen and oxygen atoms in total. The molecule has 0 spiro atoms. The van der Waals surface area contributed by atoms with Gasteiger partial charge in [-0.25, -0.2) is 14.8 Å². The highest BCUT2D eigenvalue weighted by Gasteiger charge is 2.22. The maximum Gasteiger partial charge on any atom is 0.325 e. The molecule has 4 rings (SSSR count). The largest absolute Gasteiger partial charge is 0.493 e. The number of nitrogens with zero attached hydrogens (tertiary/aromatic N) is 4. The third kappa shape index (κ3) is 7.49. The Morgan fingerprint density at radius 1 is 0.955 bits per heavy atom. The van der Waals surface area contributed by atoms with E-state index in [0.29, 0.717) is 28.5 Å². The summed E-state index contributed by atoms with van der Waals surface area (Å²) < 4.78 is 16.3. The van der Waals surface area contributed by atoms with E-state index in [2.05, 4.69) is 32.0 Å². The van der Waals surface area contributed by atoms with Gasteiger partial charge in [0, 0.05) is 29.1 Å². The molecule has 1 aromatic heterocycles. The second-order valence-corrected chi connectivity index (χ2v) is 9.64. The molecular formula is C29H25N7O7S. The van der Waals surface area contributed by atoms with Crippen LogP contribution in [0.25, 0.3) is 11.3 Å². The lowest BCUT2D eigenvalue weighted by Crippen LogP contribution is -2.35. The monoisotopic (exact) mass is 615 g/mol. The lowest BCUT2D eigenvalue weighted by molar-refractivity contribution is -0.384. The van der Waals surface area contributed by atoms with E-state index < -0.39 is 16.9 Å². The molecule has 0 saturated carbocycles. The van der Waals surface area contributed by atoms with Gasteiger partial charge in [-0.05, 0) is 30.3 Å². The third-order valence-electron chi connectivity index (χ3n) is 5.88. The smallest absolute Gasteiger partial charge is 0.325 e. The molecule has 0 aliphatic heterocycles. The number of rotatable bonds is 11. The summed E-state index contributed by atoms with van der Waals surface area (Å²) >= 11 is 0.906. The van der Waals surface area contributed by atoms with Crippen molar-refractivity contribution in [3.63, 3.8) is 0 Å². The molecule has 3 amide bonds. The first-order valence-corrected chi connectivity index (χ1v) is 13.7. The maximum atomic E-state index is 12.6. The molecule has 0 atom stereocenters. The standard InChI is InChI=1S/C29H25N7O7S/c1-41-22-12-17(13-23(42-2)26(22)43-3)25-21(15-30)27(31-19-10-7-11-20(14-19)36(39)40)35-29(34-25)44-16-24(37)33-28(38)32-18-8-5-4-6-9-18/h4-14H,16H2,1-3H3,(H,31,34,35)(H2,32,33,37,38). The van der Waals surface area contributed by atoms with Gasteiger partial charge < -0.3 is 24.8 Å². The Hall–Kier alpha value is -5.88. The van der Waals surface area contributed by atoms with E-state index >= 15 is 0 Å². The van der Waals surface area contributed by atoms with Crippen molar-refractivity contribution in [3.8, 4) is 34.6 Å². The summed E-state index contributed by atoms with van der Waals surface area (Å²) in [5.74, 6) is 0.0711. The molecule has 3 N–H and O–H groups in total. The fourth-order valence-electron chi connectivity index (χ4n) is 3.94. The number of urea groups is 1. The summed E-state index contributed by atoms with van der Waals surface area (Å²) in [5, 5.41) is 29.3. The second-order valence-electron chi connectivity index (χ2n) is 8.69. The molecule has 0 bridgehead atoms. The van der Waals surface area contributed by atoms with E-state index in [4.69, 9.17) is 14.2 Å². The van der Waals surface area contributed by atoms with Gasteiger partial charge in [0.15, 0.2) is 22.5 Å². The van der Waals surface area contributed by atoms with Crippen molar-refractivity contribution >= 4 is 46.6 Å². The number of hydrogen-bond acceptors (Lipinski definition) is 12. The van der Waals surface area contributed by atoms with Gasteiger partial charge in [-0.1, -0.05) is 36.0 Å². The number of imide groups is 1. The van der Waals surface area contributed by atoms with E-state index in [1.807, 2.05) is 0 Å². The number of carbonyl (C=O) groups is 2. The number of nitro groups is 1. The van der Waals surface area contributed by atoms with Gasteiger partial charge >= 0.3 is 6.03 Å². The highest BCUT2D eigenvalue weighted by atomic mass is 32.2. The predicted molar refractivity (Wildman–Crippen MR) is 163 cm³/mol. The minimum absolute atomic E-state index is 0.00168. The molecule has 1 heterocycles. The quantitative estimate of drug-likeness (QED) is 0.0873. The Balaban J connectivity index is 1.70. The van der Waals surface area contributed by atoms with Crippen LogP contribution in [0.1, 0.15) is 5.56 Å². The van der Waals surface area contributed by atoms with Crippen LogP contribution in [0.5, 0.6) is 17.2 Å². The first-order chi connectivity index (χ1) is 21.3. The number of thioether (sulfide) groups is 1. The van der Waals surface area contributed by atoms with Gasteiger partial charge in [0.1, 0.15) is 11.6 Å². The topological polar surface area (TPSA) is 191 Å². The van der Waals surface area contributed by atoms with Crippen LogP contribution in [0.4, 0.5) is 27.7 Å². The van der Waals surface area contributed by atoms with Crippen LogP contribution < -0.4 is 30.2 Å². The molecular weight excluding hydrogens is 590 g/mol. The minimum atomic E-state index is -0.714. The molecule has 0 radical (unpaired) electrons. The van der Waals surface area contributed by atoms with Crippen molar-refractivity contribution < 1.29 is 28.7 Å². The summed E-state index contributed by atoms with van der Waals surface area (Å²) in [4.78, 5) is 44.6. The zero-order chi connectivity index (χ0) is 31.6. The number of nitriles is 1. The van der Waals surface area contributed by atoms with Gasteiger partial charge in [-0.3, -0.25) is 20.2 Å². The third-order valence-corrected chi connectivity index (χ3v) is 6.72. The number of benzene rings is 3. The van der Waals surface area contributed by atoms with E-state index in [9.17, 15) is 25.0 Å². The first kappa shape index (κ1) is 31.1. The highest BCUT2D eigenvalue weighted by Crippen LogP contribution is 2.42. The first-order valence-electron chi connectivity index (χ1n) is 12.7. The number of aromatic nitrogens is 2. The Kier molecular flexibility index (Phi) is 10.1. The van der Waals surface area contributed by atoms with Gasteiger partial charge in [-0.15, -0.1) is 0 Å². The SMILES string of the molecule is COc1cc(-c2nc(SCC(=O)NC(=O)Nc3ccccc3)nc(Nc3cccc([N+](=O)[O-])c3)c2C#N)cc(OC)c1OC. The normalized spacial score (nSPS) is 10.2. The predicted octanol–water partition coefficient (Wildman–Crippen LogP) is 5.13. The lowest BCUT2D eigenvalue weighted by Gasteiger charge is -2.16. The summed E-state index contributed by atoms with van der Waals surface area (Å²) in [5.41, 5.74) is 1.17. The number of ether oxygens (including phenoxy) is 3. The highest BCUT2D eigenvalue weighted by molar-refractivity contribution is 7.99. The van der Waals surface area contributed by atoms with Crippen LogP contribution in [0.2, 0.25) is 0 Å². The molecule has 224 valence electrons.